The standard InChI is InChI=1S/C7H10O2.C4H6O2.C2H5N3O2/c1-4-5-9-7(8)6(2)3;1-3(2)4(5)6;3-1(6)5-2(4)7/h4H,1-2,5H2,3H3;1H2,2H3,(H,5,6);(H5,3,4,5,6,7). The van der Waals surface area contributed by atoms with E-state index < -0.39 is 18.0 Å². The first-order valence-corrected chi connectivity index (χ1v) is 5.63. The van der Waals surface area contributed by atoms with Crippen LogP contribution in [0.25, 0.3) is 0 Å². The van der Waals surface area contributed by atoms with Gasteiger partial charge in [0.25, 0.3) is 0 Å². The van der Waals surface area contributed by atoms with Crippen LogP contribution in [0.4, 0.5) is 9.59 Å². The number of ether oxygens (including phenoxy) is 1. The van der Waals surface area contributed by atoms with Crippen molar-refractivity contribution < 1.29 is 29.0 Å². The zero-order chi connectivity index (χ0) is 18.3. The molecule has 0 aromatic heterocycles. The molecule has 0 spiro atoms. The molecule has 6 N–H and O–H groups in total. The number of rotatable bonds is 4. The maximum Gasteiger partial charge on any atom is 0.333 e. The van der Waals surface area contributed by atoms with E-state index in [2.05, 4.69) is 35.9 Å². The van der Waals surface area contributed by atoms with Crippen molar-refractivity contribution in [3.8, 4) is 0 Å². The molecule has 22 heavy (non-hydrogen) atoms. The number of carbonyl (C=O) groups is 4. The van der Waals surface area contributed by atoms with E-state index in [1.807, 2.05) is 0 Å². The quantitative estimate of drug-likeness (QED) is 0.338. The number of nitrogens with two attached hydrogens (primary N) is 2. The van der Waals surface area contributed by atoms with E-state index in [4.69, 9.17) is 5.11 Å². The maximum absolute atomic E-state index is 10.5. The number of primary amides is 2. The maximum atomic E-state index is 10.5. The number of nitrogens with one attached hydrogen (secondary N) is 1. The summed E-state index contributed by atoms with van der Waals surface area (Å²) < 4.78 is 4.60. The molecule has 4 amide bonds. The predicted octanol–water partition coefficient (Wildman–Crippen LogP) is 0.672. The molecule has 0 heterocycles. The lowest BCUT2D eigenvalue weighted by Crippen LogP contribution is -2.38. The highest BCUT2D eigenvalue weighted by atomic mass is 16.5. The Hall–Kier alpha value is -3.10. The van der Waals surface area contributed by atoms with Crippen LogP contribution in [0.1, 0.15) is 13.8 Å². The van der Waals surface area contributed by atoms with E-state index in [1.54, 1.807) is 12.2 Å². The van der Waals surface area contributed by atoms with Crippen molar-refractivity contribution in [2.75, 3.05) is 6.61 Å². The Kier molecular flexibility index (Phi) is 15.6. The van der Waals surface area contributed by atoms with E-state index in [0.717, 1.165) is 0 Å². The SMILES string of the molecule is C=C(C)C(=O)O.C=CCOC(=O)C(=C)C.NC(=O)NC(N)=O. The van der Waals surface area contributed by atoms with E-state index in [0.29, 0.717) is 5.57 Å². The smallest absolute Gasteiger partial charge is 0.333 e. The van der Waals surface area contributed by atoms with Gasteiger partial charge in [-0.15, -0.1) is 0 Å². The minimum Gasteiger partial charge on any atom is -0.478 e. The third kappa shape index (κ3) is 25.7. The van der Waals surface area contributed by atoms with Gasteiger partial charge in [-0.25, -0.2) is 19.2 Å². The molecular formula is C13H21N3O6. The Bertz CT molecular complexity index is 433. The van der Waals surface area contributed by atoms with Crippen LogP contribution in [0, 0.1) is 0 Å². The summed E-state index contributed by atoms with van der Waals surface area (Å²) in [4.78, 5) is 39.4. The van der Waals surface area contributed by atoms with E-state index in [1.165, 1.54) is 13.0 Å². The Labute approximate surface area is 128 Å². The van der Waals surface area contributed by atoms with Gasteiger partial charge in [0.15, 0.2) is 0 Å². The highest BCUT2D eigenvalue weighted by molar-refractivity contribution is 5.91. The molecule has 0 radical (unpaired) electrons. The van der Waals surface area contributed by atoms with Gasteiger partial charge in [0.2, 0.25) is 0 Å². The number of carbonyl (C=O) groups excluding carboxylic acids is 3. The molecule has 0 aliphatic heterocycles. The number of imide groups is 1. The van der Waals surface area contributed by atoms with Crippen LogP contribution in [0.2, 0.25) is 0 Å². The predicted molar refractivity (Wildman–Crippen MR) is 80.7 cm³/mol. The number of urea groups is 2. The van der Waals surface area contributed by atoms with Crippen LogP contribution in [-0.4, -0.2) is 35.7 Å². The van der Waals surface area contributed by atoms with Gasteiger partial charge in [0, 0.05) is 11.1 Å². The monoisotopic (exact) mass is 315 g/mol. The molecule has 0 aromatic rings. The Morgan fingerprint density at radius 3 is 1.59 bits per heavy atom. The highest BCUT2D eigenvalue weighted by Gasteiger charge is 1.98. The van der Waals surface area contributed by atoms with Crippen molar-refractivity contribution in [3.63, 3.8) is 0 Å². The Balaban J connectivity index is -0.000000252. The second-order valence-corrected chi connectivity index (χ2v) is 3.61. The van der Waals surface area contributed by atoms with Gasteiger partial charge in [0.05, 0.1) is 0 Å². The topological polar surface area (TPSA) is 162 Å². The second kappa shape index (κ2) is 14.3. The van der Waals surface area contributed by atoms with Crippen LogP contribution in [-0.2, 0) is 14.3 Å². The van der Waals surface area contributed by atoms with Crippen molar-refractivity contribution in [3.05, 3.63) is 37.0 Å². The summed E-state index contributed by atoms with van der Waals surface area (Å²) in [6.07, 6.45) is 1.51. The van der Waals surface area contributed by atoms with Crippen molar-refractivity contribution in [1.29, 1.82) is 0 Å². The molecule has 9 heteroatoms. The van der Waals surface area contributed by atoms with Crippen LogP contribution >= 0.6 is 0 Å². The molecule has 0 saturated heterocycles. The normalized spacial score (nSPS) is 7.73. The lowest BCUT2D eigenvalue weighted by atomic mass is 10.4. The number of hydrogen-bond donors (Lipinski definition) is 4. The number of esters is 1. The third-order valence-corrected chi connectivity index (χ3v) is 1.29. The molecule has 124 valence electrons. The van der Waals surface area contributed by atoms with Gasteiger partial charge >= 0.3 is 24.0 Å². The third-order valence-electron chi connectivity index (χ3n) is 1.29. The van der Waals surface area contributed by atoms with Crippen molar-refractivity contribution in [2.45, 2.75) is 13.8 Å². The van der Waals surface area contributed by atoms with E-state index in [-0.39, 0.29) is 18.1 Å². The summed E-state index contributed by atoms with van der Waals surface area (Å²) in [6.45, 7) is 13.2. The fourth-order valence-electron chi connectivity index (χ4n) is 0.379. The zero-order valence-corrected chi connectivity index (χ0v) is 12.5. The molecule has 0 fully saturated rings. The fraction of sp³-hybridized carbons (Fsp3) is 0.231. The molecule has 0 unspecified atom stereocenters. The lowest BCUT2D eigenvalue weighted by Gasteiger charge is -1.97. The molecular weight excluding hydrogens is 294 g/mol. The summed E-state index contributed by atoms with van der Waals surface area (Å²) in [7, 11) is 0. The number of carboxylic acids is 1. The highest BCUT2D eigenvalue weighted by Crippen LogP contribution is 1.90. The number of amides is 4. The molecule has 0 aliphatic carbocycles. The first-order chi connectivity index (χ1) is 9.95. The van der Waals surface area contributed by atoms with Crippen molar-refractivity contribution in [2.24, 2.45) is 11.5 Å². The van der Waals surface area contributed by atoms with Gasteiger partial charge in [-0.3, -0.25) is 5.32 Å². The number of hydrogen-bond acceptors (Lipinski definition) is 5. The van der Waals surface area contributed by atoms with Crippen molar-refractivity contribution >= 4 is 24.0 Å². The van der Waals surface area contributed by atoms with Crippen molar-refractivity contribution in [1.82, 2.24) is 5.32 Å². The molecule has 0 aromatic carbocycles. The molecule has 0 aliphatic rings. The fourth-order valence-corrected chi connectivity index (χ4v) is 0.379. The Morgan fingerprint density at radius 1 is 1.09 bits per heavy atom. The van der Waals surface area contributed by atoms with Gasteiger partial charge in [-0.2, -0.15) is 0 Å². The van der Waals surface area contributed by atoms with E-state index in [9.17, 15) is 19.2 Å². The van der Waals surface area contributed by atoms with Crippen LogP contribution in [0.5, 0.6) is 0 Å². The number of aliphatic carboxylic acids is 1. The molecule has 0 bridgehead atoms. The largest absolute Gasteiger partial charge is 0.478 e. The summed E-state index contributed by atoms with van der Waals surface area (Å²) in [6, 6.07) is -1.88. The summed E-state index contributed by atoms with van der Waals surface area (Å²) >= 11 is 0. The van der Waals surface area contributed by atoms with Gasteiger partial charge in [-0.1, -0.05) is 25.8 Å². The van der Waals surface area contributed by atoms with Crippen LogP contribution in [0.15, 0.2) is 37.0 Å². The zero-order valence-electron chi connectivity index (χ0n) is 12.5. The van der Waals surface area contributed by atoms with E-state index >= 15 is 0 Å². The lowest BCUT2D eigenvalue weighted by molar-refractivity contribution is -0.137. The van der Waals surface area contributed by atoms with Gasteiger partial charge in [0.1, 0.15) is 6.61 Å². The Morgan fingerprint density at radius 2 is 1.45 bits per heavy atom. The molecule has 0 atom stereocenters. The molecule has 0 saturated carbocycles. The molecule has 9 nitrogen and oxygen atoms in total. The summed E-state index contributed by atoms with van der Waals surface area (Å²) in [5.74, 6) is -1.30. The first-order valence-electron chi connectivity index (χ1n) is 5.63. The minimum absolute atomic E-state index is 0.176. The second-order valence-electron chi connectivity index (χ2n) is 3.61. The van der Waals surface area contributed by atoms with Crippen LogP contribution in [0.3, 0.4) is 0 Å². The van der Waals surface area contributed by atoms with Crippen LogP contribution < -0.4 is 16.8 Å². The average Bonchev–Trinajstić information content (AvgIpc) is 2.35. The molecule has 0 rings (SSSR count). The minimum atomic E-state index is -0.938. The summed E-state index contributed by atoms with van der Waals surface area (Å²) in [5.41, 5.74) is 9.47. The summed E-state index contributed by atoms with van der Waals surface area (Å²) in [5, 5.41) is 9.47. The van der Waals surface area contributed by atoms with Gasteiger partial charge in [-0.05, 0) is 13.8 Å². The first kappa shape index (κ1) is 24.0. The van der Waals surface area contributed by atoms with Gasteiger partial charge < -0.3 is 21.3 Å². The average molecular weight is 315 g/mol. The number of carboxylic acid groups (broad SMARTS) is 1.